The van der Waals surface area contributed by atoms with Crippen LogP contribution in [0.2, 0.25) is 0 Å². The third kappa shape index (κ3) is 4.43. The number of carbonyl (C=O) groups is 1. The second kappa shape index (κ2) is 6.90. The molecule has 0 aromatic carbocycles. The van der Waals surface area contributed by atoms with Crippen LogP contribution in [0.15, 0.2) is 11.1 Å². The summed E-state index contributed by atoms with van der Waals surface area (Å²) in [7, 11) is -3.90. The zero-order valence-corrected chi connectivity index (χ0v) is 13.4. The van der Waals surface area contributed by atoms with E-state index in [2.05, 4.69) is 5.10 Å². The van der Waals surface area contributed by atoms with Gasteiger partial charge >= 0.3 is 0 Å². The van der Waals surface area contributed by atoms with E-state index < -0.39 is 15.9 Å². The minimum absolute atomic E-state index is 0.0473. The number of aromatic nitrogens is 2. The van der Waals surface area contributed by atoms with Gasteiger partial charge in [-0.3, -0.25) is 9.48 Å². The predicted octanol–water partition coefficient (Wildman–Crippen LogP) is 0.00730. The average molecular weight is 317 g/mol. The van der Waals surface area contributed by atoms with Crippen LogP contribution in [0.5, 0.6) is 0 Å². The molecule has 0 aliphatic rings. The Hall–Kier alpha value is -1.61. The van der Waals surface area contributed by atoms with Gasteiger partial charge in [-0.25, -0.2) is 8.42 Å². The molecule has 0 radical (unpaired) electrons. The smallest absolute Gasteiger partial charge is 0.248 e. The van der Waals surface area contributed by atoms with Gasteiger partial charge in [0.15, 0.2) is 5.82 Å². The monoisotopic (exact) mass is 317 g/mol. The lowest BCUT2D eigenvalue weighted by Crippen LogP contribution is -2.40. The fourth-order valence-corrected chi connectivity index (χ4v) is 3.56. The van der Waals surface area contributed by atoms with Crippen LogP contribution in [0, 0.1) is 5.92 Å². The molecule has 21 heavy (non-hydrogen) atoms. The maximum Gasteiger partial charge on any atom is 0.248 e. The maximum absolute atomic E-state index is 12.6. The average Bonchev–Trinajstić information content (AvgIpc) is 2.69. The SMILES string of the molecule is CCCn1cc(S(=O)(=O)N(CC(N)=O)CC(C)C)c(N)n1. The Morgan fingerprint density at radius 2 is 2.10 bits per heavy atom. The standard InChI is InChI=1S/C12H23N5O3S/c1-4-5-16-7-10(12(14)15-16)21(19,20)17(6-9(2)3)8-11(13)18/h7,9H,4-6,8H2,1-3H3,(H2,13,18)(H2,14,15). The Labute approximate surface area is 125 Å². The molecule has 8 nitrogen and oxygen atoms in total. The van der Waals surface area contributed by atoms with E-state index in [1.54, 1.807) is 0 Å². The van der Waals surface area contributed by atoms with Crippen LogP contribution in [-0.4, -0.2) is 41.5 Å². The van der Waals surface area contributed by atoms with E-state index in [0.717, 1.165) is 10.7 Å². The highest BCUT2D eigenvalue weighted by Gasteiger charge is 2.30. The first-order valence-corrected chi connectivity index (χ1v) is 8.23. The first-order chi connectivity index (χ1) is 9.68. The van der Waals surface area contributed by atoms with Crippen LogP contribution in [0.1, 0.15) is 27.2 Å². The second-order valence-corrected chi connectivity index (χ2v) is 7.21. The molecule has 1 heterocycles. The molecule has 120 valence electrons. The van der Waals surface area contributed by atoms with Gasteiger partial charge in [0.1, 0.15) is 4.90 Å². The molecule has 1 amide bonds. The Morgan fingerprint density at radius 1 is 1.48 bits per heavy atom. The van der Waals surface area contributed by atoms with Crippen molar-refractivity contribution in [1.82, 2.24) is 14.1 Å². The van der Waals surface area contributed by atoms with Gasteiger partial charge < -0.3 is 11.5 Å². The number of nitrogens with two attached hydrogens (primary N) is 2. The molecule has 0 unspecified atom stereocenters. The maximum atomic E-state index is 12.6. The molecular formula is C12H23N5O3S. The van der Waals surface area contributed by atoms with Crippen molar-refractivity contribution in [3.63, 3.8) is 0 Å². The molecule has 1 rings (SSSR count). The lowest BCUT2D eigenvalue weighted by Gasteiger charge is -2.21. The van der Waals surface area contributed by atoms with Crippen molar-refractivity contribution >= 4 is 21.7 Å². The van der Waals surface area contributed by atoms with Crippen molar-refractivity contribution in [2.45, 2.75) is 38.6 Å². The second-order valence-electron chi connectivity index (χ2n) is 5.30. The Morgan fingerprint density at radius 3 is 2.57 bits per heavy atom. The first kappa shape index (κ1) is 17.4. The number of nitrogen functional groups attached to an aromatic ring is 1. The normalized spacial score (nSPS) is 12.2. The molecule has 4 N–H and O–H groups in total. The molecule has 0 saturated carbocycles. The van der Waals surface area contributed by atoms with Gasteiger partial charge in [0.25, 0.3) is 0 Å². The van der Waals surface area contributed by atoms with Gasteiger partial charge in [-0.2, -0.15) is 9.40 Å². The number of hydrogen-bond donors (Lipinski definition) is 2. The highest BCUT2D eigenvalue weighted by Crippen LogP contribution is 2.22. The Kier molecular flexibility index (Phi) is 5.73. The van der Waals surface area contributed by atoms with Crippen molar-refractivity contribution in [3.8, 4) is 0 Å². The van der Waals surface area contributed by atoms with Crippen LogP contribution in [-0.2, 0) is 21.4 Å². The number of aryl methyl sites for hydroxylation is 1. The van der Waals surface area contributed by atoms with E-state index >= 15 is 0 Å². The third-order valence-corrected chi connectivity index (χ3v) is 4.55. The molecule has 0 aliphatic carbocycles. The van der Waals surface area contributed by atoms with E-state index in [0.29, 0.717) is 6.54 Å². The Bertz CT molecular complexity index is 594. The van der Waals surface area contributed by atoms with Crippen molar-refractivity contribution in [2.24, 2.45) is 11.7 Å². The van der Waals surface area contributed by atoms with E-state index in [-0.39, 0.29) is 29.7 Å². The topological polar surface area (TPSA) is 124 Å². The van der Waals surface area contributed by atoms with Crippen molar-refractivity contribution in [3.05, 3.63) is 6.20 Å². The zero-order valence-electron chi connectivity index (χ0n) is 12.6. The largest absolute Gasteiger partial charge is 0.381 e. The molecule has 9 heteroatoms. The summed E-state index contributed by atoms with van der Waals surface area (Å²) >= 11 is 0. The molecule has 0 atom stereocenters. The molecule has 1 aromatic rings. The molecule has 1 aromatic heterocycles. The van der Waals surface area contributed by atoms with E-state index in [1.165, 1.54) is 10.9 Å². The minimum Gasteiger partial charge on any atom is -0.381 e. The van der Waals surface area contributed by atoms with E-state index in [9.17, 15) is 13.2 Å². The lowest BCUT2D eigenvalue weighted by molar-refractivity contribution is -0.118. The predicted molar refractivity (Wildman–Crippen MR) is 79.7 cm³/mol. The van der Waals surface area contributed by atoms with Gasteiger partial charge in [0, 0.05) is 19.3 Å². The quantitative estimate of drug-likeness (QED) is 0.698. The van der Waals surface area contributed by atoms with Gasteiger partial charge in [0.2, 0.25) is 15.9 Å². The number of sulfonamides is 1. The number of hydrogen-bond acceptors (Lipinski definition) is 5. The number of nitrogens with zero attached hydrogens (tertiary/aromatic N) is 3. The highest BCUT2D eigenvalue weighted by atomic mass is 32.2. The van der Waals surface area contributed by atoms with Crippen LogP contribution < -0.4 is 11.5 Å². The number of anilines is 1. The number of primary amides is 1. The van der Waals surface area contributed by atoms with Crippen molar-refractivity contribution < 1.29 is 13.2 Å². The summed E-state index contributed by atoms with van der Waals surface area (Å²) in [4.78, 5) is 11.0. The van der Waals surface area contributed by atoms with Crippen LogP contribution >= 0.6 is 0 Å². The molecule has 0 fully saturated rings. The van der Waals surface area contributed by atoms with Crippen LogP contribution in [0.25, 0.3) is 0 Å². The summed E-state index contributed by atoms with van der Waals surface area (Å²) in [5.41, 5.74) is 10.8. The zero-order chi connectivity index (χ0) is 16.2. The number of amides is 1. The summed E-state index contributed by atoms with van der Waals surface area (Å²) in [6.07, 6.45) is 2.19. The fraction of sp³-hybridized carbons (Fsp3) is 0.667. The van der Waals surface area contributed by atoms with Gasteiger partial charge in [0.05, 0.1) is 6.54 Å². The van der Waals surface area contributed by atoms with Crippen LogP contribution in [0.4, 0.5) is 5.82 Å². The van der Waals surface area contributed by atoms with E-state index in [4.69, 9.17) is 11.5 Å². The molecule has 0 aliphatic heterocycles. The molecule has 0 bridgehead atoms. The molecule has 0 saturated heterocycles. The minimum atomic E-state index is -3.90. The van der Waals surface area contributed by atoms with Crippen molar-refractivity contribution in [1.29, 1.82) is 0 Å². The number of rotatable bonds is 8. The lowest BCUT2D eigenvalue weighted by atomic mass is 10.2. The van der Waals surface area contributed by atoms with E-state index in [1.807, 2.05) is 20.8 Å². The first-order valence-electron chi connectivity index (χ1n) is 6.79. The van der Waals surface area contributed by atoms with Gasteiger partial charge in [-0.1, -0.05) is 20.8 Å². The number of carbonyl (C=O) groups excluding carboxylic acids is 1. The third-order valence-electron chi connectivity index (χ3n) is 2.73. The molecular weight excluding hydrogens is 294 g/mol. The summed E-state index contributed by atoms with van der Waals surface area (Å²) in [5, 5.41) is 3.98. The summed E-state index contributed by atoms with van der Waals surface area (Å²) < 4.78 is 27.8. The van der Waals surface area contributed by atoms with Crippen molar-refractivity contribution in [2.75, 3.05) is 18.8 Å². The van der Waals surface area contributed by atoms with Crippen LogP contribution in [0.3, 0.4) is 0 Å². The highest BCUT2D eigenvalue weighted by molar-refractivity contribution is 7.89. The van der Waals surface area contributed by atoms with Gasteiger partial charge in [-0.15, -0.1) is 0 Å². The van der Waals surface area contributed by atoms with Gasteiger partial charge in [-0.05, 0) is 12.3 Å². The fourth-order valence-electron chi connectivity index (χ4n) is 1.93. The molecule has 0 spiro atoms. The summed E-state index contributed by atoms with van der Waals surface area (Å²) in [6.45, 7) is 6.03. The Balaban J connectivity index is 3.18. The summed E-state index contributed by atoms with van der Waals surface area (Å²) in [6, 6.07) is 0. The summed E-state index contributed by atoms with van der Waals surface area (Å²) in [5.74, 6) is -0.730.